The molecule has 0 atom stereocenters. The van der Waals surface area contributed by atoms with Crippen LogP contribution in [-0.2, 0) is 9.30 Å². The van der Waals surface area contributed by atoms with E-state index in [1.165, 1.54) is 0 Å². The number of carbonyl (C=O) groups is 1. The smallest absolute Gasteiger partial charge is 0.242 e. The van der Waals surface area contributed by atoms with Crippen molar-refractivity contribution in [3.8, 4) is 11.3 Å². The van der Waals surface area contributed by atoms with E-state index in [0.29, 0.717) is 33.9 Å². The molecule has 0 spiro atoms. The minimum Gasteiger partial charge on any atom is -0.456 e. The van der Waals surface area contributed by atoms with Crippen LogP contribution in [0.5, 0.6) is 0 Å². The summed E-state index contributed by atoms with van der Waals surface area (Å²) in [4.78, 5) is 13.3. The second-order valence-corrected chi connectivity index (χ2v) is 11.0. The Morgan fingerprint density at radius 1 is 0.639 bits per heavy atom. The maximum atomic E-state index is 14.9. The minimum absolute atomic E-state index is 0.0467. The summed E-state index contributed by atoms with van der Waals surface area (Å²) in [5.41, 5.74) is 4.90. The Balaban J connectivity index is 1.51. The van der Waals surface area contributed by atoms with Crippen LogP contribution < -0.4 is 0 Å². The van der Waals surface area contributed by atoms with E-state index in [1.54, 1.807) is 16.1 Å². The number of ether oxygens (including phenoxy) is 1. The van der Waals surface area contributed by atoms with Crippen molar-refractivity contribution >= 4 is 35.5 Å². The number of hydrogen-bond donors (Lipinski definition) is 0. The molecule has 2 aliphatic rings. The molecular formula is C30H19N2O3P. The summed E-state index contributed by atoms with van der Waals surface area (Å²) < 4.78 is 22.7. The fraction of sp³-hybridized carbons (Fsp3) is 0. The Hall–Kier alpha value is -4.47. The number of fused-ring (bicyclic) bond motifs is 2. The first kappa shape index (κ1) is 20.9. The Bertz CT molecular complexity index is 1740. The molecule has 0 saturated heterocycles. The first-order valence-corrected chi connectivity index (χ1v) is 13.4. The number of aromatic nitrogens is 2. The van der Waals surface area contributed by atoms with Gasteiger partial charge in [0.15, 0.2) is 5.78 Å². The Morgan fingerprint density at radius 2 is 1.19 bits per heavy atom. The van der Waals surface area contributed by atoms with Gasteiger partial charge in [0.25, 0.3) is 0 Å². The van der Waals surface area contributed by atoms with Crippen molar-refractivity contribution in [1.82, 2.24) is 9.55 Å². The predicted molar refractivity (Wildman–Crippen MR) is 142 cm³/mol. The fourth-order valence-corrected chi connectivity index (χ4v) is 7.03. The summed E-state index contributed by atoms with van der Waals surface area (Å²) in [6.07, 6.45) is 0. The molecule has 1 aliphatic carbocycles. The molecule has 0 unspecified atom stereocenters. The van der Waals surface area contributed by atoms with Crippen molar-refractivity contribution < 1.29 is 14.1 Å². The highest BCUT2D eigenvalue weighted by molar-refractivity contribution is 7.69. The Kier molecular flexibility index (Phi) is 4.50. The van der Waals surface area contributed by atoms with E-state index in [4.69, 9.17) is 9.84 Å². The lowest BCUT2D eigenvalue weighted by molar-refractivity contribution is 0.104. The van der Waals surface area contributed by atoms with E-state index < -0.39 is 7.29 Å². The number of hydrogen-bond acceptors (Lipinski definition) is 4. The zero-order valence-electron chi connectivity index (χ0n) is 19.0. The van der Waals surface area contributed by atoms with Crippen LogP contribution in [-0.4, -0.2) is 15.3 Å². The highest BCUT2D eigenvalue weighted by atomic mass is 31.2. The molecule has 6 heteroatoms. The average Bonchev–Trinajstić information content (AvgIpc) is 3.34. The normalized spacial score (nSPS) is 15.6. The van der Waals surface area contributed by atoms with Crippen molar-refractivity contribution in [3.05, 3.63) is 137 Å². The Morgan fingerprint density at radius 3 is 1.83 bits per heavy atom. The maximum Gasteiger partial charge on any atom is 0.242 e. The topological polar surface area (TPSA) is 61.2 Å². The van der Waals surface area contributed by atoms with Crippen LogP contribution >= 0.6 is 7.29 Å². The fourth-order valence-electron chi connectivity index (χ4n) is 4.93. The van der Waals surface area contributed by atoms with Crippen LogP contribution in [0.1, 0.15) is 27.0 Å². The molecule has 0 bridgehead atoms. The lowest BCUT2D eigenvalue weighted by Gasteiger charge is -2.23. The summed E-state index contributed by atoms with van der Waals surface area (Å²) in [5.74, 6) is 4.31. The highest BCUT2D eigenvalue weighted by Crippen LogP contribution is 2.59. The van der Waals surface area contributed by atoms with Crippen LogP contribution in [0.4, 0.5) is 0 Å². The molecule has 36 heavy (non-hydrogen) atoms. The average molecular weight is 486 g/mol. The van der Waals surface area contributed by atoms with Gasteiger partial charge in [-0.2, -0.15) is 5.10 Å². The van der Waals surface area contributed by atoms with Gasteiger partial charge < -0.3 is 4.74 Å². The summed E-state index contributed by atoms with van der Waals surface area (Å²) in [7, 11) is -3.43. The van der Waals surface area contributed by atoms with E-state index in [0.717, 1.165) is 22.1 Å². The van der Waals surface area contributed by atoms with Crippen LogP contribution in [0, 0.1) is 0 Å². The van der Waals surface area contributed by atoms with Gasteiger partial charge >= 0.3 is 0 Å². The van der Waals surface area contributed by atoms with Crippen molar-refractivity contribution in [3.63, 3.8) is 0 Å². The first-order valence-electron chi connectivity index (χ1n) is 11.6. The van der Waals surface area contributed by atoms with Crippen LogP contribution in [0.3, 0.4) is 0 Å². The summed E-state index contributed by atoms with van der Waals surface area (Å²) >= 11 is 0. The van der Waals surface area contributed by atoms with E-state index in [-0.39, 0.29) is 5.78 Å². The standard InChI is InChI=1S/C30H19N2O3P/c33-30-23-15-8-7-14-22(23)29-28-24(30)16-9-17-25(28)32(31-29)36(34)18-26(20-10-3-1-4-11-20)35-27(19-36)21-12-5-2-6-13-21/h1-19H. The zero-order chi connectivity index (χ0) is 24.3. The minimum atomic E-state index is -3.43. The number of ketones is 1. The SMILES string of the molecule is O=C1c2ccccc2-c2nn(P3(=O)C=C(c4ccccc4)OC(c4ccccc4)=C3)c3cccc1c23. The summed E-state index contributed by atoms with van der Waals surface area (Å²) in [6.45, 7) is 0. The second kappa shape index (κ2) is 7.77. The van der Waals surface area contributed by atoms with E-state index in [9.17, 15) is 9.36 Å². The van der Waals surface area contributed by atoms with Crippen molar-refractivity contribution in [1.29, 1.82) is 0 Å². The van der Waals surface area contributed by atoms with E-state index >= 15 is 0 Å². The van der Waals surface area contributed by atoms with Crippen molar-refractivity contribution in [2.24, 2.45) is 0 Å². The van der Waals surface area contributed by atoms with Gasteiger partial charge in [-0.3, -0.25) is 9.36 Å². The molecular weight excluding hydrogens is 467 g/mol. The molecule has 1 aromatic heterocycles. The van der Waals surface area contributed by atoms with Crippen LogP contribution in [0.15, 0.2) is 115 Å². The lowest BCUT2D eigenvalue weighted by Crippen LogP contribution is -2.08. The molecule has 172 valence electrons. The highest BCUT2D eigenvalue weighted by Gasteiger charge is 2.35. The van der Waals surface area contributed by atoms with Gasteiger partial charge in [0.05, 0.1) is 5.52 Å². The third-order valence-corrected chi connectivity index (χ3v) is 8.70. The molecule has 0 fully saturated rings. The second-order valence-electron chi connectivity index (χ2n) is 8.81. The molecule has 0 radical (unpaired) electrons. The third-order valence-electron chi connectivity index (χ3n) is 6.60. The molecule has 5 aromatic rings. The number of nitrogens with zero attached hydrogens (tertiary/aromatic N) is 2. The largest absolute Gasteiger partial charge is 0.456 e. The third kappa shape index (κ3) is 3.07. The lowest BCUT2D eigenvalue weighted by atomic mass is 9.87. The molecule has 0 N–H and O–H groups in total. The van der Waals surface area contributed by atoms with Gasteiger partial charge in [-0.15, -0.1) is 0 Å². The van der Waals surface area contributed by atoms with Gasteiger partial charge in [0.2, 0.25) is 7.29 Å². The molecule has 2 heterocycles. The summed E-state index contributed by atoms with van der Waals surface area (Å²) in [6, 6.07) is 32.2. The van der Waals surface area contributed by atoms with Gasteiger partial charge in [-0.1, -0.05) is 97.1 Å². The van der Waals surface area contributed by atoms with Crippen molar-refractivity contribution in [2.45, 2.75) is 0 Å². The number of carbonyl (C=O) groups excluding carboxylic acids is 1. The predicted octanol–water partition coefficient (Wildman–Crippen LogP) is 7.40. The molecule has 7 rings (SSSR count). The van der Waals surface area contributed by atoms with Gasteiger partial charge in [0.1, 0.15) is 17.2 Å². The maximum absolute atomic E-state index is 14.9. The number of benzene rings is 4. The molecule has 0 saturated carbocycles. The van der Waals surface area contributed by atoms with Gasteiger partial charge in [0, 0.05) is 44.8 Å². The summed E-state index contributed by atoms with van der Waals surface area (Å²) in [5, 5.41) is 5.63. The Labute approximate surface area is 207 Å². The number of rotatable bonds is 3. The van der Waals surface area contributed by atoms with Crippen LogP contribution in [0.25, 0.3) is 33.7 Å². The van der Waals surface area contributed by atoms with Crippen molar-refractivity contribution in [2.75, 3.05) is 0 Å². The monoisotopic (exact) mass is 486 g/mol. The quantitative estimate of drug-likeness (QED) is 0.245. The van der Waals surface area contributed by atoms with E-state index in [2.05, 4.69) is 0 Å². The molecule has 4 aromatic carbocycles. The van der Waals surface area contributed by atoms with E-state index in [1.807, 2.05) is 103 Å². The first-order chi connectivity index (χ1) is 17.6. The van der Waals surface area contributed by atoms with Gasteiger partial charge in [-0.05, 0) is 6.07 Å². The molecule has 0 amide bonds. The van der Waals surface area contributed by atoms with Crippen LogP contribution in [0.2, 0.25) is 0 Å². The molecule has 5 nitrogen and oxygen atoms in total. The molecule has 1 aliphatic heterocycles. The zero-order valence-corrected chi connectivity index (χ0v) is 19.9. The van der Waals surface area contributed by atoms with Gasteiger partial charge in [-0.25, -0.2) is 4.45 Å².